The monoisotopic (exact) mass is 860 g/mol. The molecule has 0 amide bonds. The van der Waals surface area contributed by atoms with Crippen LogP contribution in [-0.4, -0.2) is 111 Å². The zero-order valence-corrected chi connectivity index (χ0v) is 36.2. The number of ether oxygens (including phenoxy) is 1. The molecule has 338 valence electrons. The summed E-state index contributed by atoms with van der Waals surface area (Å²) in [5.41, 5.74) is 22.0. The van der Waals surface area contributed by atoms with Crippen LogP contribution in [0.15, 0.2) is 36.0 Å². The van der Waals surface area contributed by atoms with Gasteiger partial charge in [-0.05, 0) is 63.0 Å². The van der Waals surface area contributed by atoms with E-state index in [4.69, 9.17) is 48.1 Å². The Morgan fingerprint density at radius 3 is 1.15 bits per heavy atom. The van der Waals surface area contributed by atoms with E-state index in [1.165, 1.54) is 25.8 Å². The van der Waals surface area contributed by atoms with E-state index in [1.807, 2.05) is 27.0 Å². The Kier molecular flexibility index (Phi) is 36.7. The second-order valence-electron chi connectivity index (χ2n) is 13.9. The zero-order valence-electron chi connectivity index (χ0n) is 35.4. The summed E-state index contributed by atoms with van der Waals surface area (Å²) in [5, 5.41) is 33.9. The minimum atomic E-state index is -1.13. The minimum absolute atomic E-state index is 0.0256. The van der Waals surface area contributed by atoms with E-state index >= 15 is 0 Å². The zero-order chi connectivity index (χ0) is 47.0. The Labute approximate surface area is 351 Å². The van der Waals surface area contributed by atoms with Gasteiger partial charge in [-0.25, -0.2) is 0 Å². The normalized spacial score (nSPS) is 13.2. The van der Waals surface area contributed by atoms with Crippen LogP contribution in [0.5, 0.6) is 0 Å². The van der Waals surface area contributed by atoms with Gasteiger partial charge in [0.15, 0.2) is 0 Å². The lowest BCUT2D eigenvalue weighted by atomic mass is 9.95. The number of ketones is 5. The third-order valence-corrected chi connectivity index (χ3v) is 9.13. The maximum Gasteiger partial charge on any atom is 0.320 e. The molecule has 59 heavy (non-hydrogen) atoms. The minimum Gasteiger partial charge on any atom is -0.501 e. The van der Waals surface area contributed by atoms with E-state index in [0.717, 1.165) is 10.5 Å². The van der Waals surface area contributed by atoms with Gasteiger partial charge in [0.25, 0.3) is 0 Å². The molecule has 12 N–H and O–H groups in total. The van der Waals surface area contributed by atoms with Gasteiger partial charge in [-0.1, -0.05) is 39.2 Å². The van der Waals surface area contributed by atoms with Crippen LogP contribution in [0, 0.1) is 11.8 Å². The maximum atomic E-state index is 11.5. The van der Waals surface area contributed by atoms with Gasteiger partial charge < -0.3 is 48.1 Å². The molecule has 0 aromatic rings. The lowest BCUT2D eigenvalue weighted by molar-refractivity contribution is -0.139. The summed E-state index contributed by atoms with van der Waals surface area (Å²) in [6.45, 7) is 18.1. The predicted molar refractivity (Wildman–Crippen MR) is 225 cm³/mol. The van der Waals surface area contributed by atoms with Crippen LogP contribution in [0.1, 0.15) is 111 Å². The van der Waals surface area contributed by atoms with Gasteiger partial charge >= 0.3 is 23.9 Å². The lowest BCUT2D eigenvalue weighted by Gasteiger charge is -2.12. The molecule has 6 unspecified atom stereocenters. The fourth-order valence-corrected chi connectivity index (χ4v) is 4.31. The number of hydrogen-bond donors (Lipinski definition) is 8. The van der Waals surface area contributed by atoms with Crippen LogP contribution in [0.4, 0.5) is 0 Å². The maximum absolute atomic E-state index is 11.5. The van der Waals surface area contributed by atoms with Gasteiger partial charge in [-0.15, -0.1) is 11.8 Å². The summed E-state index contributed by atoms with van der Waals surface area (Å²) in [6, 6.07) is -3.85. The van der Waals surface area contributed by atoms with Crippen LogP contribution >= 0.6 is 11.8 Å². The molecule has 0 radical (unpaired) electrons. The van der Waals surface area contributed by atoms with Crippen molar-refractivity contribution in [1.82, 2.24) is 0 Å². The molecular formula is C40H68N4O14S. The molecule has 6 atom stereocenters. The molecule has 19 heteroatoms. The van der Waals surface area contributed by atoms with Gasteiger partial charge in [0.1, 0.15) is 53.1 Å². The number of Topliss-reactive ketones (excluding diaryl/α,β-unsaturated/α-hetero) is 5. The average Bonchev–Trinajstić information content (AvgIpc) is 3.15. The number of thioether (sulfide) groups is 1. The van der Waals surface area contributed by atoms with Crippen molar-refractivity contribution in [2.45, 2.75) is 135 Å². The number of hydrogen-bond acceptors (Lipinski definition) is 15. The molecule has 0 saturated carbocycles. The Hall–Kier alpha value is -4.56. The number of carbonyl (C=O) groups is 9. The summed E-state index contributed by atoms with van der Waals surface area (Å²) in [7, 11) is 1.50. The highest BCUT2D eigenvalue weighted by Crippen LogP contribution is 2.17. The summed E-state index contributed by atoms with van der Waals surface area (Å²) in [4.78, 5) is 97.9. The highest BCUT2D eigenvalue weighted by Gasteiger charge is 2.18. The van der Waals surface area contributed by atoms with Gasteiger partial charge in [0, 0.05) is 50.9 Å². The number of carbonyl (C=O) groups excluding carboxylic acids is 5. The molecule has 0 heterocycles. The molecule has 0 aliphatic rings. The lowest BCUT2D eigenvalue weighted by Crippen LogP contribution is -2.30. The van der Waals surface area contributed by atoms with Crippen molar-refractivity contribution in [2.75, 3.05) is 13.4 Å². The number of carboxylic acid groups (broad SMARTS) is 4. The quantitative estimate of drug-likeness (QED) is 0.0303. The van der Waals surface area contributed by atoms with Crippen molar-refractivity contribution < 1.29 is 68.3 Å². The van der Waals surface area contributed by atoms with E-state index in [0.29, 0.717) is 31.4 Å². The first-order chi connectivity index (χ1) is 27.1. The van der Waals surface area contributed by atoms with Gasteiger partial charge in [-0.2, -0.15) is 0 Å². The predicted octanol–water partition coefficient (Wildman–Crippen LogP) is 3.42. The Bertz CT molecular complexity index is 1430. The molecule has 0 spiro atoms. The van der Waals surface area contributed by atoms with Crippen LogP contribution in [0.3, 0.4) is 0 Å². The van der Waals surface area contributed by atoms with E-state index in [1.54, 1.807) is 0 Å². The molecule has 0 fully saturated rings. The van der Waals surface area contributed by atoms with Gasteiger partial charge in [0.2, 0.25) is 0 Å². The van der Waals surface area contributed by atoms with Crippen molar-refractivity contribution in [3.05, 3.63) is 36.0 Å². The van der Waals surface area contributed by atoms with Crippen LogP contribution < -0.4 is 22.9 Å². The van der Waals surface area contributed by atoms with Crippen LogP contribution in [-0.2, 0) is 47.9 Å². The van der Waals surface area contributed by atoms with Crippen molar-refractivity contribution in [3.8, 4) is 0 Å². The molecule has 0 aliphatic heterocycles. The molecule has 0 rings (SSSR count). The summed E-state index contributed by atoms with van der Waals surface area (Å²) < 4.78 is 4.91. The number of methoxy groups -OCH3 is 1. The number of nitrogens with two attached hydrogens (primary N) is 4. The van der Waals surface area contributed by atoms with E-state index in [2.05, 4.69) is 19.7 Å². The molecule has 0 aromatic heterocycles. The molecule has 0 saturated heterocycles. The first kappa shape index (κ1) is 61.1. The smallest absolute Gasteiger partial charge is 0.320 e. The SMILES string of the molecule is C=C(C)C(C)CC(=O)CCC(N)C(=O)O.C=C(CCC(=O)CCC(N)C(=O)O)SC.C=C(OC)C(C)CC(=O)CCC(N)C(=O)O.CC(=O)CC(=O)CCC(N)C(=O)O. The summed E-state index contributed by atoms with van der Waals surface area (Å²) in [6.07, 6.45) is 4.93. The molecular weight excluding hydrogens is 793 g/mol. The van der Waals surface area contributed by atoms with Crippen molar-refractivity contribution in [3.63, 3.8) is 0 Å². The van der Waals surface area contributed by atoms with Crippen molar-refractivity contribution in [1.29, 1.82) is 0 Å². The van der Waals surface area contributed by atoms with E-state index < -0.39 is 48.0 Å². The summed E-state index contributed by atoms with van der Waals surface area (Å²) in [5.74, 6) is -4.09. The third kappa shape index (κ3) is 38.7. The highest BCUT2D eigenvalue weighted by molar-refractivity contribution is 8.02. The average molecular weight is 861 g/mol. The number of aliphatic carboxylic acids is 4. The number of allylic oxidation sites excluding steroid dienone is 3. The Morgan fingerprint density at radius 2 is 0.864 bits per heavy atom. The Balaban J connectivity index is -0.000000343. The third-order valence-electron chi connectivity index (χ3n) is 8.34. The second-order valence-corrected chi connectivity index (χ2v) is 14.9. The van der Waals surface area contributed by atoms with Crippen LogP contribution in [0.25, 0.3) is 0 Å². The largest absolute Gasteiger partial charge is 0.501 e. The molecule has 0 aliphatic carbocycles. The molecule has 0 aromatic carbocycles. The van der Waals surface area contributed by atoms with Gasteiger partial charge in [0.05, 0.1) is 19.3 Å². The first-order valence-electron chi connectivity index (χ1n) is 18.7. The first-order valence-corrected chi connectivity index (χ1v) is 19.9. The van der Waals surface area contributed by atoms with Gasteiger partial charge in [-0.3, -0.25) is 43.2 Å². The Morgan fingerprint density at radius 1 is 0.542 bits per heavy atom. The standard InChI is InChI=1S/C11H19NO4.C11H19NO3.C10H17NO3S.C8H13NO4/c1-7(8(2)16-3)6-9(13)4-5-10(12)11(14)15;1-7(2)8(3)6-9(13)4-5-10(12)11(14)15;1-7(15-2)3-4-8(12)5-6-9(11)10(13)14;1-5(10)4-6(11)2-3-7(9)8(12)13/h7,10H,2,4-6,12H2,1,3H3,(H,14,15);8,10H,1,4-6,12H2,2-3H3,(H,14,15);9H,1,3-6,11H2,2H3,(H,13,14);7H,2-4,9H2,1H3,(H,12,13). The van der Waals surface area contributed by atoms with Crippen molar-refractivity contribution in [2.24, 2.45) is 34.8 Å². The molecule has 18 nitrogen and oxygen atoms in total. The second kappa shape index (κ2) is 35.4. The van der Waals surface area contributed by atoms with Crippen molar-refractivity contribution >= 4 is 64.6 Å². The summed E-state index contributed by atoms with van der Waals surface area (Å²) >= 11 is 1.53. The fraction of sp³-hybridized carbons (Fsp3) is 0.625. The van der Waals surface area contributed by atoms with E-state index in [9.17, 15) is 43.2 Å². The van der Waals surface area contributed by atoms with Crippen LogP contribution in [0.2, 0.25) is 0 Å². The highest BCUT2D eigenvalue weighted by atomic mass is 32.2. The molecule has 0 bridgehead atoms. The van der Waals surface area contributed by atoms with E-state index in [-0.39, 0.29) is 98.5 Å². The number of carboxylic acids is 4. The topological polar surface area (TPSA) is 348 Å². The fourth-order valence-electron chi connectivity index (χ4n) is 4.01. The number of rotatable bonds is 29.